The molecule has 0 nitrogen and oxygen atoms in total. The molecule has 1 atom stereocenters. The van der Waals surface area contributed by atoms with E-state index >= 15 is 0 Å². The van der Waals surface area contributed by atoms with Crippen molar-refractivity contribution in [2.45, 2.75) is 4.83 Å². The highest BCUT2D eigenvalue weighted by Crippen LogP contribution is 2.36. The molecule has 0 N–H and O–H groups in total. The second-order valence-corrected chi connectivity index (χ2v) is 6.10. The molecule has 4 heteroatoms. The van der Waals surface area contributed by atoms with E-state index < -0.39 is 0 Å². The minimum Gasteiger partial charge on any atom is -0.207 e. The van der Waals surface area contributed by atoms with E-state index in [1.54, 1.807) is 17.4 Å². The Morgan fingerprint density at radius 2 is 2.13 bits per heavy atom. The molecule has 0 saturated heterocycles. The Morgan fingerprint density at radius 1 is 1.33 bits per heavy atom. The van der Waals surface area contributed by atoms with Crippen LogP contribution in [0.4, 0.5) is 4.39 Å². The summed E-state index contributed by atoms with van der Waals surface area (Å²) < 4.78 is 13.9. The molecule has 1 heterocycles. The summed E-state index contributed by atoms with van der Waals surface area (Å²) >= 11 is 7.49. The van der Waals surface area contributed by atoms with Crippen LogP contribution in [0.25, 0.3) is 0 Å². The fourth-order valence-corrected chi connectivity index (χ4v) is 4.11. The molecule has 0 aliphatic carbocycles. The van der Waals surface area contributed by atoms with Crippen molar-refractivity contribution in [2.24, 2.45) is 0 Å². The molecule has 0 fully saturated rings. The molecule has 15 heavy (non-hydrogen) atoms. The first-order valence-corrected chi connectivity index (χ1v) is 7.18. The molecule has 0 bridgehead atoms. The van der Waals surface area contributed by atoms with E-state index in [0.29, 0.717) is 0 Å². The Balaban J connectivity index is 2.38. The second-order valence-electron chi connectivity index (χ2n) is 3.04. The maximum atomic E-state index is 12.9. The van der Waals surface area contributed by atoms with E-state index in [1.165, 1.54) is 10.9 Å². The number of hydrogen-bond donors (Lipinski definition) is 0. The summed E-state index contributed by atoms with van der Waals surface area (Å²) in [5.41, 5.74) is 1.11. The minimum atomic E-state index is -0.186. The van der Waals surface area contributed by atoms with Gasteiger partial charge >= 0.3 is 0 Å². The van der Waals surface area contributed by atoms with E-state index in [2.05, 4.69) is 44.6 Å². The van der Waals surface area contributed by atoms with E-state index in [1.807, 2.05) is 17.5 Å². The molecule has 0 aliphatic heterocycles. The second kappa shape index (κ2) is 4.93. The zero-order valence-corrected chi connectivity index (χ0v) is 12.1. The lowest BCUT2D eigenvalue weighted by atomic mass is 10.1. The van der Waals surface area contributed by atoms with Crippen LogP contribution in [-0.2, 0) is 0 Å². The predicted molar refractivity (Wildman–Crippen MR) is 74.2 cm³/mol. The van der Waals surface area contributed by atoms with Crippen LogP contribution in [0.1, 0.15) is 15.3 Å². The van der Waals surface area contributed by atoms with Crippen LogP contribution in [-0.4, -0.2) is 0 Å². The molecule has 78 valence electrons. The van der Waals surface area contributed by atoms with Crippen LogP contribution in [0.5, 0.6) is 0 Å². The molecule has 0 aliphatic rings. The first kappa shape index (κ1) is 11.5. The van der Waals surface area contributed by atoms with Crippen LogP contribution in [0, 0.1) is 9.39 Å². The molecular weight excluding hydrogens is 390 g/mol. The van der Waals surface area contributed by atoms with Crippen molar-refractivity contribution >= 4 is 49.9 Å². The van der Waals surface area contributed by atoms with E-state index in [-0.39, 0.29) is 10.6 Å². The third-order valence-electron chi connectivity index (χ3n) is 2.03. The number of rotatable bonds is 2. The van der Waals surface area contributed by atoms with Crippen molar-refractivity contribution in [1.82, 2.24) is 0 Å². The van der Waals surface area contributed by atoms with Gasteiger partial charge in [0, 0.05) is 8.45 Å². The van der Waals surface area contributed by atoms with Gasteiger partial charge in [0.25, 0.3) is 0 Å². The minimum absolute atomic E-state index is 0.157. The first-order chi connectivity index (χ1) is 7.18. The van der Waals surface area contributed by atoms with Gasteiger partial charge in [-0.2, -0.15) is 0 Å². The Morgan fingerprint density at radius 3 is 2.73 bits per heavy atom. The standard InChI is InChI=1S/C11H7BrFIS/c12-11(10-2-1-5-15-10)8-4-3-7(13)6-9(8)14/h1-6,11H. The van der Waals surface area contributed by atoms with Gasteiger partial charge in [-0.05, 0) is 51.7 Å². The number of hydrogen-bond acceptors (Lipinski definition) is 1. The van der Waals surface area contributed by atoms with Crippen LogP contribution in [0.3, 0.4) is 0 Å². The average molecular weight is 397 g/mol. The monoisotopic (exact) mass is 396 g/mol. The molecule has 0 radical (unpaired) electrons. The summed E-state index contributed by atoms with van der Waals surface area (Å²) in [5, 5.41) is 2.04. The quantitative estimate of drug-likeness (QED) is 0.496. The van der Waals surface area contributed by atoms with Crippen molar-refractivity contribution in [3.8, 4) is 0 Å². The third kappa shape index (κ3) is 2.60. The van der Waals surface area contributed by atoms with Crippen LogP contribution >= 0.6 is 49.9 Å². The van der Waals surface area contributed by atoms with Gasteiger partial charge in [-0.3, -0.25) is 0 Å². The summed E-state index contributed by atoms with van der Waals surface area (Å²) in [6.07, 6.45) is 0. The molecule has 1 aromatic heterocycles. The Labute approximate surface area is 114 Å². The average Bonchev–Trinajstić information content (AvgIpc) is 2.69. The van der Waals surface area contributed by atoms with Crippen molar-refractivity contribution in [3.05, 3.63) is 55.5 Å². The van der Waals surface area contributed by atoms with Crippen molar-refractivity contribution in [3.63, 3.8) is 0 Å². The molecule has 1 aromatic carbocycles. The maximum Gasteiger partial charge on any atom is 0.124 e. The molecular formula is C11H7BrFIS. The fourth-order valence-electron chi connectivity index (χ4n) is 1.30. The van der Waals surface area contributed by atoms with Gasteiger partial charge in [0.2, 0.25) is 0 Å². The predicted octanol–water partition coefficient (Wildman–Crippen LogP) is 4.98. The van der Waals surface area contributed by atoms with Crippen molar-refractivity contribution in [2.75, 3.05) is 0 Å². The lowest BCUT2D eigenvalue weighted by molar-refractivity contribution is 0.626. The Bertz CT molecular complexity index is 456. The third-order valence-corrected chi connectivity index (χ3v) is 5.19. The van der Waals surface area contributed by atoms with Gasteiger partial charge in [-0.1, -0.05) is 28.1 Å². The normalized spacial score (nSPS) is 12.7. The van der Waals surface area contributed by atoms with Gasteiger partial charge in [0.05, 0.1) is 4.83 Å². The topological polar surface area (TPSA) is 0 Å². The molecule has 1 unspecified atom stereocenters. The van der Waals surface area contributed by atoms with Crippen LogP contribution in [0.2, 0.25) is 0 Å². The maximum absolute atomic E-state index is 12.9. The summed E-state index contributed by atoms with van der Waals surface area (Å²) in [6, 6.07) is 8.97. The first-order valence-electron chi connectivity index (χ1n) is 4.31. The molecule has 0 spiro atoms. The molecule has 2 rings (SSSR count). The van der Waals surface area contributed by atoms with Gasteiger partial charge in [-0.15, -0.1) is 11.3 Å². The highest BCUT2D eigenvalue weighted by molar-refractivity contribution is 14.1. The lowest BCUT2D eigenvalue weighted by Gasteiger charge is -2.10. The van der Waals surface area contributed by atoms with Gasteiger partial charge in [0.15, 0.2) is 0 Å². The SMILES string of the molecule is Fc1ccc(C(Br)c2cccs2)c(I)c1. The lowest BCUT2D eigenvalue weighted by Crippen LogP contribution is -1.94. The zero-order chi connectivity index (χ0) is 10.8. The van der Waals surface area contributed by atoms with E-state index in [4.69, 9.17) is 0 Å². The number of benzene rings is 1. The van der Waals surface area contributed by atoms with Crippen LogP contribution < -0.4 is 0 Å². The number of halogens is 3. The van der Waals surface area contributed by atoms with Gasteiger partial charge < -0.3 is 0 Å². The van der Waals surface area contributed by atoms with Gasteiger partial charge in [0.1, 0.15) is 5.82 Å². The van der Waals surface area contributed by atoms with Crippen molar-refractivity contribution < 1.29 is 4.39 Å². The summed E-state index contributed by atoms with van der Waals surface area (Å²) in [6.45, 7) is 0. The molecule has 0 amide bonds. The van der Waals surface area contributed by atoms with E-state index in [9.17, 15) is 4.39 Å². The van der Waals surface area contributed by atoms with Gasteiger partial charge in [-0.25, -0.2) is 4.39 Å². The summed E-state index contributed by atoms with van der Waals surface area (Å²) in [5.74, 6) is -0.186. The Hall–Kier alpha value is 0.0600. The summed E-state index contributed by atoms with van der Waals surface area (Å²) in [4.78, 5) is 1.39. The molecule has 2 aromatic rings. The fraction of sp³-hybridized carbons (Fsp3) is 0.0909. The highest BCUT2D eigenvalue weighted by atomic mass is 127. The largest absolute Gasteiger partial charge is 0.207 e. The van der Waals surface area contributed by atoms with E-state index in [0.717, 1.165) is 9.13 Å². The molecule has 0 saturated carbocycles. The van der Waals surface area contributed by atoms with Crippen molar-refractivity contribution in [1.29, 1.82) is 0 Å². The smallest absolute Gasteiger partial charge is 0.124 e. The number of thiophene rings is 1. The summed E-state index contributed by atoms with van der Waals surface area (Å²) in [7, 11) is 0. The highest BCUT2D eigenvalue weighted by Gasteiger charge is 2.14. The van der Waals surface area contributed by atoms with Crippen LogP contribution in [0.15, 0.2) is 35.7 Å². The Kier molecular flexibility index (Phi) is 3.79. The number of alkyl halides is 1. The zero-order valence-electron chi connectivity index (χ0n) is 7.58.